The molecule has 0 amide bonds. The van der Waals surface area contributed by atoms with Crippen LogP contribution >= 0.6 is 12.4 Å². The van der Waals surface area contributed by atoms with Crippen molar-refractivity contribution < 1.29 is 14.6 Å². The summed E-state index contributed by atoms with van der Waals surface area (Å²) in [6, 6.07) is 6.24. The predicted octanol–water partition coefficient (Wildman–Crippen LogP) is 1.16. The lowest BCUT2D eigenvalue weighted by molar-refractivity contribution is -0.146. The lowest BCUT2D eigenvalue weighted by Crippen LogP contribution is -2.42. The van der Waals surface area contributed by atoms with Crippen LogP contribution in [-0.4, -0.2) is 18.2 Å². The largest absolute Gasteiger partial charge is 0.508 e. The molecule has 5 heteroatoms. The summed E-state index contributed by atoms with van der Waals surface area (Å²) in [5.74, 6) is -0.467. The van der Waals surface area contributed by atoms with Gasteiger partial charge in [-0.25, -0.2) is 4.79 Å². The van der Waals surface area contributed by atoms with Crippen LogP contribution in [0.25, 0.3) is 0 Å². The Labute approximate surface area is 94.5 Å². The van der Waals surface area contributed by atoms with Gasteiger partial charge in [0.15, 0.2) is 0 Å². The van der Waals surface area contributed by atoms with Crippen LogP contribution in [0.3, 0.4) is 0 Å². The summed E-state index contributed by atoms with van der Waals surface area (Å²) < 4.78 is 4.56. The molecular formula is C10H14ClNO3. The van der Waals surface area contributed by atoms with Crippen LogP contribution in [0.2, 0.25) is 0 Å². The smallest absolute Gasteiger partial charge is 0.330 e. The molecule has 0 aromatic heterocycles. The van der Waals surface area contributed by atoms with Gasteiger partial charge in [0, 0.05) is 0 Å². The molecule has 1 aromatic carbocycles. The maximum absolute atomic E-state index is 11.3. The zero-order valence-electron chi connectivity index (χ0n) is 8.56. The van der Waals surface area contributed by atoms with Crippen molar-refractivity contribution in [2.24, 2.45) is 5.73 Å². The van der Waals surface area contributed by atoms with Gasteiger partial charge >= 0.3 is 5.97 Å². The lowest BCUT2D eigenvalue weighted by atomic mass is 9.93. The Morgan fingerprint density at radius 3 is 2.60 bits per heavy atom. The van der Waals surface area contributed by atoms with Gasteiger partial charge in [-0.3, -0.25) is 0 Å². The fourth-order valence-corrected chi connectivity index (χ4v) is 1.16. The number of phenols is 1. The Hall–Kier alpha value is -1.26. The normalized spacial score (nSPS) is 13.5. The highest BCUT2D eigenvalue weighted by Crippen LogP contribution is 2.22. The summed E-state index contributed by atoms with van der Waals surface area (Å²) in [7, 11) is 1.27. The topological polar surface area (TPSA) is 72.5 Å². The highest BCUT2D eigenvalue weighted by Gasteiger charge is 2.31. The third kappa shape index (κ3) is 2.84. The summed E-state index contributed by atoms with van der Waals surface area (Å²) in [4.78, 5) is 11.3. The van der Waals surface area contributed by atoms with Gasteiger partial charge < -0.3 is 15.6 Å². The number of halogens is 1. The molecule has 1 aromatic rings. The molecule has 0 radical (unpaired) electrons. The summed E-state index contributed by atoms with van der Waals surface area (Å²) in [5, 5.41) is 9.22. The Balaban J connectivity index is 0.00000196. The molecule has 1 atom stereocenters. The molecule has 1 rings (SSSR count). The molecule has 0 saturated heterocycles. The number of nitrogens with two attached hydrogens (primary N) is 1. The van der Waals surface area contributed by atoms with E-state index in [-0.39, 0.29) is 18.2 Å². The zero-order valence-corrected chi connectivity index (χ0v) is 9.38. The number of ether oxygens (including phenoxy) is 1. The fraction of sp³-hybridized carbons (Fsp3) is 0.300. The lowest BCUT2D eigenvalue weighted by Gasteiger charge is -2.21. The van der Waals surface area contributed by atoms with Crippen molar-refractivity contribution in [3.63, 3.8) is 0 Å². The standard InChI is InChI=1S/C10H13NO3.ClH/c1-10(11,9(13)14-2)7-4-3-5-8(12)6-7;/h3-6,12H,11H2,1-2H3;1H. The summed E-state index contributed by atoms with van der Waals surface area (Å²) in [6.45, 7) is 1.54. The van der Waals surface area contributed by atoms with Crippen LogP contribution in [0.15, 0.2) is 24.3 Å². The van der Waals surface area contributed by atoms with Crippen molar-refractivity contribution in [3.8, 4) is 5.75 Å². The van der Waals surface area contributed by atoms with Gasteiger partial charge in [0.25, 0.3) is 0 Å². The molecular weight excluding hydrogens is 218 g/mol. The van der Waals surface area contributed by atoms with Crippen LogP contribution in [0, 0.1) is 0 Å². The first-order valence-corrected chi connectivity index (χ1v) is 4.15. The van der Waals surface area contributed by atoms with E-state index in [1.54, 1.807) is 12.1 Å². The Morgan fingerprint density at radius 2 is 2.13 bits per heavy atom. The molecule has 15 heavy (non-hydrogen) atoms. The average Bonchev–Trinajstić information content (AvgIpc) is 2.16. The minimum absolute atomic E-state index is 0. The van der Waals surface area contributed by atoms with E-state index < -0.39 is 11.5 Å². The van der Waals surface area contributed by atoms with E-state index in [9.17, 15) is 9.90 Å². The number of methoxy groups -OCH3 is 1. The number of aromatic hydroxyl groups is 1. The van der Waals surface area contributed by atoms with Crippen molar-refractivity contribution >= 4 is 18.4 Å². The first kappa shape index (κ1) is 13.7. The predicted molar refractivity (Wildman–Crippen MR) is 58.9 cm³/mol. The van der Waals surface area contributed by atoms with Crippen LogP contribution < -0.4 is 5.73 Å². The van der Waals surface area contributed by atoms with Gasteiger partial charge in [0.1, 0.15) is 11.3 Å². The van der Waals surface area contributed by atoms with Crippen molar-refractivity contribution in [2.75, 3.05) is 7.11 Å². The molecule has 0 saturated carbocycles. The van der Waals surface area contributed by atoms with Gasteiger partial charge in [0.05, 0.1) is 7.11 Å². The maximum Gasteiger partial charge on any atom is 0.330 e. The number of hydrogen-bond acceptors (Lipinski definition) is 4. The molecule has 0 heterocycles. The van der Waals surface area contributed by atoms with Gasteiger partial charge in [-0.2, -0.15) is 0 Å². The SMILES string of the molecule is COC(=O)C(C)(N)c1cccc(O)c1.Cl. The molecule has 0 spiro atoms. The number of benzene rings is 1. The molecule has 0 bridgehead atoms. The van der Waals surface area contributed by atoms with E-state index in [0.29, 0.717) is 5.56 Å². The second kappa shape index (κ2) is 5.00. The van der Waals surface area contributed by atoms with Crippen LogP contribution in [-0.2, 0) is 15.1 Å². The summed E-state index contributed by atoms with van der Waals surface area (Å²) in [5.41, 5.74) is 5.06. The van der Waals surface area contributed by atoms with Gasteiger partial charge in [-0.05, 0) is 24.6 Å². The Morgan fingerprint density at radius 1 is 1.53 bits per heavy atom. The minimum Gasteiger partial charge on any atom is -0.508 e. The number of phenolic OH excluding ortho intramolecular Hbond substituents is 1. The van der Waals surface area contributed by atoms with Crippen molar-refractivity contribution in [2.45, 2.75) is 12.5 Å². The molecule has 84 valence electrons. The molecule has 0 aliphatic rings. The molecule has 4 nitrogen and oxygen atoms in total. The quantitative estimate of drug-likeness (QED) is 0.750. The fourth-order valence-electron chi connectivity index (χ4n) is 1.16. The van der Waals surface area contributed by atoms with E-state index in [0.717, 1.165) is 0 Å². The Kier molecular flexibility index (Phi) is 4.58. The van der Waals surface area contributed by atoms with E-state index in [4.69, 9.17) is 5.73 Å². The maximum atomic E-state index is 11.3. The van der Waals surface area contributed by atoms with Crippen LogP contribution in [0.1, 0.15) is 12.5 Å². The van der Waals surface area contributed by atoms with Gasteiger partial charge in [0.2, 0.25) is 0 Å². The minimum atomic E-state index is -1.23. The average molecular weight is 232 g/mol. The van der Waals surface area contributed by atoms with E-state index in [2.05, 4.69) is 4.74 Å². The monoisotopic (exact) mass is 231 g/mol. The summed E-state index contributed by atoms with van der Waals surface area (Å²) >= 11 is 0. The second-order valence-corrected chi connectivity index (χ2v) is 3.24. The molecule has 1 unspecified atom stereocenters. The molecule has 3 N–H and O–H groups in total. The highest BCUT2D eigenvalue weighted by molar-refractivity contribution is 5.85. The van der Waals surface area contributed by atoms with Crippen molar-refractivity contribution in [3.05, 3.63) is 29.8 Å². The molecule has 0 aliphatic heterocycles. The van der Waals surface area contributed by atoms with Gasteiger partial charge in [-0.1, -0.05) is 12.1 Å². The van der Waals surface area contributed by atoms with E-state index in [1.165, 1.54) is 26.2 Å². The number of carbonyl (C=O) groups is 1. The van der Waals surface area contributed by atoms with E-state index in [1.807, 2.05) is 0 Å². The first-order chi connectivity index (χ1) is 6.48. The Bertz CT molecular complexity index is 352. The number of hydrogen-bond donors (Lipinski definition) is 2. The van der Waals surface area contributed by atoms with Crippen molar-refractivity contribution in [1.82, 2.24) is 0 Å². The number of carbonyl (C=O) groups excluding carboxylic acids is 1. The molecule has 0 aliphatic carbocycles. The number of rotatable bonds is 2. The van der Waals surface area contributed by atoms with Crippen LogP contribution in [0.5, 0.6) is 5.75 Å². The highest BCUT2D eigenvalue weighted by atomic mass is 35.5. The van der Waals surface area contributed by atoms with E-state index >= 15 is 0 Å². The van der Waals surface area contributed by atoms with Crippen LogP contribution in [0.4, 0.5) is 0 Å². The van der Waals surface area contributed by atoms with Crippen molar-refractivity contribution in [1.29, 1.82) is 0 Å². The number of esters is 1. The zero-order chi connectivity index (χ0) is 10.8. The third-order valence-corrected chi connectivity index (χ3v) is 2.06. The van der Waals surface area contributed by atoms with Gasteiger partial charge in [-0.15, -0.1) is 12.4 Å². The first-order valence-electron chi connectivity index (χ1n) is 4.15. The second-order valence-electron chi connectivity index (χ2n) is 3.24. The third-order valence-electron chi connectivity index (χ3n) is 2.06. The molecule has 0 fully saturated rings. The summed E-state index contributed by atoms with van der Waals surface area (Å²) in [6.07, 6.45) is 0.